The third-order valence-corrected chi connectivity index (χ3v) is 3.26. The van der Waals surface area contributed by atoms with Gasteiger partial charge in [-0.05, 0) is 38.1 Å². The molecule has 0 unspecified atom stereocenters. The van der Waals surface area contributed by atoms with Crippen LogP contribution in [0.4, 0.5) is 0 Å². The Kier molecular flexibility index (Phi) is 10.7. The number of aliphatic carboxylic acids is 2. The molecule has 3 atom stereocenters. The Morgan fingerprint density at radius 1 is 1.14 bits per heavy atom. The summed E-state index contributed by atoms with van der Waals surface area (Å²) in [5.41, 5.74) is 10.9. The summed E-state index contributed by atoms with van der Waals surface area (Å²) in [5.74, 6) is -1.87. The minimum atomic E-state index is -1.10. The van der Waals surface area contributed by atoms with Crippen molar-refractivity contribution in [1.29, 1.82) is 0 Å². The Hall–Kier alpha value is -1.22. The van der Waals surface area contributed by atoms with Crippen LogP contribution in [0.1, 0.15) is 46.0 Å². The van der Waals surface area contributed by atoms with E-state index in [4.69, 9.17) is 15.9 Å². The maximum atomic E-state index is 11.2. The maximum Gasteiger partial charge on any atom is 0.322 e. The molecule has 0 aliphatic carbocycles. The maximum absolute atomic E-state index is 11.2. The fourth-order valence-electron chi connectivity index (χ4n) is 2.10. The number of nitrogens with two attached hydrogens (primary N) is 1. The van der Waals surface area contributed by atoms with E-state index in [2.05, 4.69) is 10.9 Å². The van der Waals surface area contributed by atoms with E-state index in [0.717, 1.165) is 6.42 Å². The summed E-state index contributed by atoms with van der Waals surface area (Å²) in [6.07, 6.45) is 0.860. The molecule has 0 saturated carbocycles. The second-order valence-corrected chi connectivity index (χ2v) is 5.87. The van der Waals surface area contributed by atoms with Crippen molar-refractivity contribution in [3.05, 3.63) is 0 Å². The summed E-state index contributed by atoms with van der Waals surface area (Å²) < 4.78 is 0. The van der Waals surface area contributed by atoms with Gasteiger partial charge in [-0.15, -0.1) is 0 Å². The zero-order valence-corrected chi connectivity index (χ0v) is 13.3. The number of carboxylic acid groups (broad SMARTS) is 2. The van der Waals surface area contributed by atoms with Gasteiger partial charge in [0.2, 0.25) is 0 Å². The minimum absolute atomic E-state index is 0.225. The topological polar surface area (TPSA) is 145 Å². The van der Waals surface area contributed by atoms with Crippen molar-refractivity contribution in [1.82, 2.24) is 10.9 Å². The van der Waals surface area contributed by atoms with Crippen molar-refractivity contribution >= 4 is 11.9 Å². The van der Waals surface area contributed by atoms with Gasteiger partial charge in [0.1, 0.15) is 6.04 Å². The molecule has 0 amide bonds. The Morgan fingerprint density at radius 2 is 1.77 bits per heavy atom. The van der Waals surface area contributed by atoms with Crippen LogP contribution in [0, 0.1) is 5.92 Å². The molecule has 0 rings (SSSR count). The van der Waals surface area contributed by atoms with Crippen LogP contribution in [0.3, 0.4) is 0 Å². The second kappa shape index (κ2) is 11.4. The molecule has 0 radical (unpaired) electrons. The highest BCUT2D eigenvalue weighted by molar-refractivity contribution is 5.73. The fraction of sp³-hybridized carbons (Fsp3) is 0.857. The summed E-state index contributed by atoms with van der Waals surface area (Å²) >= 11 is 0. The average molecular weight is 319 g/mol. The lowest BCUT2D eigenvalue weighted by molar-refractivity contribution is -0.142. The molecule has 0 heterocycles. The largest absolute Gasteiger partial charge is 0.481 e. The van der Waals surface area contributed by atoms with Gasteiger partial charge in [-0.3, -0.25) is 15.0 Å². The van der Waals surface area contributed by atoms with Gasteiger partial charge in [0, 0.05) is 6.04 Å². The monoisotopic (exact) mass is 319 g/mol. The molecule has 8 heteroatoms. The molecule has 0 aromatic rings. The molecule has 0 aromatic carbocycles. The van der Waals surface area contributed by atoms with Crippen LogP contribution >= 0.6 is 0 Å². The first-order chi connectivity index (χ1) is 10.3. The molecule has 130 valence electrons. The van der Waals surface area contributed by atoms with Crippen LogP contribution in [-0.2, 0) is 9.59 Å². The number of hydrogen-bond acceptors (Lipinski definition) is 6. The molecule has 7 N–H and O–H groups in total. The van der Waals surface area contributed by atoms with Crippen molar-refractivity contribution < 1.29 is 24.9 Å². The van der Waals surface area contributed by atoms with E-state index >= 15 is 0 Å². The fourth-order valence-corrected chi connectivity index (χ4v) is 2.10. The normalized spacial score (nSPS) is 15.5. The third-order valence-electron chi connectivity index (χ3n) is 3.26. The Bertz CT molecular complexity index is 338. The van der Waals surface area contributed by atoms with Crippen molar-refractivity contribution in [2.24, 2.45) is 11.7 Å². The van der Waals surface area contributed by atoms with Crippen molar-refractivity contribution in [2.45, 2.75) is 64.1 Å². The summed E-state index contributed by atoms with van der Waals surface area (Å²) in [6.45, 7) is 4.39. The Morgan fingerprint density at radius 3 is 2.23 bits per heavy atom. The van der Waals surface area contributed by atoms with Crippen molar-refractivity contribution in [3.63, 3.8) is 0 Å². The first-order valence-electron chi connectivity index (χ1n) is 7.61. The first-order valence-corrected chi connectivity index (χ1v) is 7.61. The highest BCUT2D eigenvalue weighted by Crippen LogP contribution is 2.11. The zero-order chi connectivity index (χ0) is 17.1. The quantitative estimate of drug-likeness (QED) is 0.204. The number of carboxylic acids is 2. The number of rotatable bonds is 13. The van der Waals surface area contributed by atoms with Gasteiger partial charge in [0.25, 0.3) is 0 Å². The average Bonchev–Trinajstić information content (AvgIpc) is 2.39. The van der Waals surface area contributed by atoms with Crippen LogP contribution in [-0.4, -0.2) is 52.0 Å². The van der Waals surface area contributed by atoms with Gasteiger partial charge in [-0.25, -0.2) is 5.43 Å². The van der Waals surface area contributed by atoms with E-state index in [1.54, 1.807) is 0 Å². The number of aliphatic hydroxyl groups excluding tert-OH is 1. The molecule has 0 spiro atoms. The lowest BCUT2D eigenvalue weighted by atomic mass is 9.98. The smallest absolute Gasteiger partial charge is 0.322 e. The standard InChI is InChI=1S/C14H29N3O5/c1-9(2)7-11(12(18)8-13(19)20)17-16-10(14(21)22)5-3-4-6-15/h9-12,16-18H,3-8,15H2,1-2H3,(H,19,20)(H,21,22)/t10-,11-,12-/m0/s1. The molecule has 8 nitrogen and oxygen atoms in total. The molecule has 0 bridgehead atoms. The summed E-state index contributed by atoms with van der Waals surface area (Å²) in [6, 6.07) is -1.34. The van der Waals surface area contributed by atoms with Crippen molar-refractivity contribution in [3.8, 4) is 0 Å². The second-order valence-electron chi connectivity index (χ2n) is 5.87. The lowest BCUT2D eigenvalue weighted by Crippen LogP contribution is -2.54. The van der Waals surface area contributed by atoms with Gasteiger partial charge in [0.15, 0.2) is 0 Å². The van der Waals surface area contributed by atoms with Crippen LogP contribution in [0.5, 0.6) is 0 Å². The lowest BCUT2D eigenvalue weighted by Gasteiger charge is -2.27. The van der Waals surface area contributed by atoms with Gasteiger partial charge in [-0.2, -0.15) is 0 Å². The highest BCUT2D eigenvalue weighted by atomic mass is 16.4. The molecule has 0 saturated heterocycles. The van der Waals surface area contributed by atoms with E-state index in [0.29, 0.717) is 25.8 Å². The number of hydrazine groups is 1. The molecule has 0 fully saturated rings. The van der Waals surface area contributed by atoms with E-state index < -0.39 is 36.5 Å². The number of nitrogens with one attached hydrogen (secondary N) is 2. The molecule has 22 heavy (non-hydrogen) atoms. The van der Waals surface area contributed by atoms with Crippen LogP contribution in [0.25, 0.3) is 0 Å². The van der Waals surface area contributed by atoms with Crippen molar-refractivity contribution in [2.75, 3.05) is 6.54 Å². The first kappa shape index (κ1) is 20.8. The number of hydrogen-bond donors (Lipinski definition) is 6. The van der Waals surface area contributed by atoms with Crippen LogP contribution in [0.2, 0.25) is 0 Å². The molecular formula is C14H29N3O5. The molecule has 0 aliphatic rings. The molecular weight excluding hydrogens is 290 g/mol. The third kappa shape index (κ3) is 9.67. The molecule has 0 aromatic heterocycles. The van der Waals surface area contributed by atoms with Gasteiger partial charge in [0.05, 0.1) is 12.5 Å². The van der Waals surface area contributed by atoms with E-state index in [-0.39, 0.29) is 5.92 Å². The summed E-state index contributed by atoms with van der Waals surface area (Å²) in [7, 11) is 0. The van der Waals surface area contributed by atoms with Gasteiger partial charge in [-0.1, -0.05) is 13.8 Å². The number of carbonyl (C=O) groups is 2. The Labute approximate surface area is 131 Å². The highest BCUT2D eigenvalue weighted by Gasteiger charge is 2.25. The van der Waals surface area contributed by atoms with E-state index in [1.807, 2.05) is 13.8 Å². The predicted molar refractivity (Wildman–Crippen MR) is 82.1 cm³/mol. The predicted octanol–water partition coefficient (Wildman–Crippen LogP) is -0.0869. The number of unbranched alkanes of at least 4 members (excludes halogenated alkanes) is 1. The van der Waals surface area contributed by atoms with Crippen LogP contribution in [0.15, 0.2) is 0 Å². The van der Waals surface area contributed by atoms with Crippen LogP contribution < -0.4 is 16.6 Å². The molecule has 0 aliphatic heterocycles. The van der Waals surface area contributed by atoms with Gasteiger partial charge < -0.3 is 21.1 Å². The van der Waals surface area contributed by atoms with E-state index in [1.165, 1.54) is 0 Å². The zero-order valence-electron chi connectivity index (χ0n) is 13.3. The SMILES string of the molecule is CC(C)C[C@H](NN[C@@H](CCCCN)C(=O)O)[C@@H](O)CC(=O)O. The van der Waals surface area contributed by atoms with Gasteiger partial charge >= 0.3 is 11.9 Å². The number of aliphatic hydroxyl groups is 1. The summed E-state index contributed by atoms with van der Waals surface area (Å²) in [5, 5.41) is 27.9. The minimum Gasteiger partial charge on any atom is -0.481 e. The van der Waals surface area contributed by atoms with E-state index in [9.17, 15) is 14.7 Å². The Balaban J connectivity index is 4.54. The summed E-state index contributed by atoms with van der Waals surface area (Å²) in [4.78, 5) is 21.9.